The zero-order valence-corrected chi connectivity index (χ0v) is 19.1. The van der Waals surface area contributed by atoms with Crippen LogP contribution in [0.4, 0.5) is 0 Å². The van der Waals surface area contributed by atoms with Crippen LogP contribution in [0.1, 0.15) is 38.5 Å². The Morgan fingerprint density at radius 2 is 2.26 bits per heavy atom. The molecule has 1 aliphatic rings. The Morgan fingerprint density at radius 3 is 2.85 bits per heavy atom. The smallest absolute Gasteiger partial charge is 0.310 e. The number of nitrogens with one attached hydrogen (secondary N) is 1. The highest BCUT2D eigenvalue weighted by molar-refractivity contribution is 14.0. The summed E-state index contributed by atoms with van der Waals surface area (Å²) < 4.78 is 10.8. The molecule has 0 bridgehead atoms. The number of esters is 1. The number of likely N-dealkylation sites (N-methyl/N-ethyl adjacent to an activating group) is 1. The highest BCUT2D eigenvalue weighted by Crippen LogP contribution is 2.21. The fourth-order valence-electron chi connectivity index (χ4n) is 3.21. The monoisotopic (exact) mass is 492 g/mol. The number of carbonyl (C=O) groups excluding carboxylic acids is 1. The van der Waals surface area contributed by atoms with Gasteiger partial charge < -0.3 is 19.4 Å². The van der Waals surface area contributed by atoms with Gasteiger partial charge in [0.1, 0.15) is 5.76 Å². The number of piperidine rings is 1. The molecule has 0 saturated carbocycles. The second kappa shape index (κ2) is 12.2. The van der Waals surface area contributed by atoms with Crippen LogP contribution in [0.25, 0.3) is 0 Å². The third kappa shape index (κ3) is 6.99. The molecular weight excluding hydrogens is 459 g/mol. The number of hydrogen-bond donors (Lipinski definition) is 1. The summed E-state index contributed by atoms with van der Waals surface area (Å²) in [7, 11) is 4.04. The third-order valence-electron chi connectivity index (χ3n) is 4.58. The average Bonchev–Trinajstić information content (AvgIpc) is 3.15. The first-order valence-electron chi connectivity index (χ1n) is 9.46. The first kappa shape index (κ1) is 23.7. The van der Waals surface area contributed by atoms with Crippen molar-refractivity contribution in [1.29, 1.82) is 0 Å². The lowest BCUT2D eigenvalue weighted by Crippen LogP contribution is -2.48. The zero-order valence-electron chi connectivity index (χ0n) is 16.8. The van der Waals surface area contributed by atoms with Gasteiger partial charge >= 0.3 is 5.97 Å². The van der Waals surface area contributed by atoms with E-state index in [9.17, 15) is 4.79 Å². The van der Waals surface area contributed by atoms with Crippen LogP contribution in [0.3, 0.4) is 0 Å². The van der Waals surface area contributed by atoms with E-state index in [1.807, 2.05) is 33.2 Å². The summed E-state index contributed by atoms with van der Waals surface area (Å²) in [6, 6.07) is 3.95. The lowest BCUT2D eigenvalue weighted by atomic mass is 9.98. The van der Waals surface area contributed by atoms with Crippen LogP contribution in [-0.4, -0.2) is 68.6 Å². The van der Waals surface area contributed by atoms with E-state index < -0.39 is 0 Å². The van der Waals surface area contributed by atoms with Gasteiger partial charge in [-0.25, -0.2) is 0 Å². The van der Waals surface area contributed by atoms with Crippen molar-refractivity contribution in [1.82, 2.24) is 15.1 Å². The number of halogens is 1. The molecule has 0 aromatic carbocycles. The Bertz CT molecular complexity index is 578. The molecule has 0 spiro atoms. The van der Waals surface area contributed by atoms with E-state index in [0.717, 1.165) is 37.7 Å². The van der Waals surface area contributed by atoms with E-state index in [2.05, 4.69) is 22.0 Å². The minimum absolute atomic E-state index is 0. The molecule has 2 heterocycles. The van der Waals surface area contributed by atoms with Crippen molar-refractivity contribution >= 4 is 35.9 Å². The van der Waals surface area contributed by atoms with Crippen LogP contribution in [0.2, 0.25) is 0 Å². The fraction of sp³-hybridized carbons (Fsp3) is 0.684. The van der Waals surface area contributed by atoms with Crippen molar-refractivity contribution in [2.24, 2.45) is 10.9 Å². The standard InChI is InChI=1S/C19H32N4O3.HI/c1-5-20-19(21-13-16(22(3)4)17-10-8-12-26-17)23-11-7-9-15(14-23)18(24)25-6-2;/h8,10,12,15-16H,5-7,9,11,13-14H2,1-4H3,(H,20,21);1H. The predicted molar refractivity (Wildman–Crippen MR) is 117 cm³/mol. The summed E-state index contributed by atoms with van der Waals surface area (Å²) in [6.45, 7) is 7.25. The number of aliphatic imine (C=N–C) groups is 1. The van der Waals surface area contributed by atoms with E-state index in [4.69, 9.17) is 14.1 Å². The van der Waals surface area contributed by atoms with Gasteiger partial charge in [0.25, 0.3) is 0 Å². The number of nitrogens with zero attached hydrogens (tertiary/aromatic N) is 3. The zero-order chi connectivity index (χ0) is 18.9. The molecule has 0 aliphatic carbocycles. The summed E-state index contributed by atoms with van der Waals surface area (Å²) in [4.78, 5) is 21.2. The minimum atomic E-state index is -0.102. The molecule has 1 aliphatic heterocycles. The summed E-state index contributed by atoms with van der Waals surface area (Å²) in [5.41, 5.74) is 0. The van der Waals surface area contributed by atoms with Gasteiger partial charge in [-0.05, 0) is 52.9 Å². The lowest BCUT2D eigenvalue weighted by molar-refractivity contribution is -0.149. The third-order valence-corrected chi connectivity index (χ3v) is 4.58. The van der Waals surface area contributed by atoms with Crippen LogP contribution in [-0.2, 0) is 9.53 Å². The molecule has 1 aromatic rings. The average molecular weight is 492 g/mol. The molecule has 1 N–H and O–H groups in total. The first-order valence-corrected chi connectivity index (χ1v) is 9.46. The maximum Gasteiger partial charge on any atom is 0.310 e. The summed E-state index contributed by atoms with van der Waals surface area (Å²) in [5.74, 6) is 1.56. The highest BCUT2D eigenvalue weighted by atomic mass is 127. The number of rotatable bonds is 7. The van der Waals surface area contributed by atoms with Gasteiger partial charge in [0.15, 0.2) is 5.96 Å². The highest BCUT2D eigenvalue weighted by Gasteiger charge is 2.28. The van der Waals surface area contributed by atoms with Gasteiger partial charge in [-0.15, -0.1) is 24.0 Å². The number of hydrogen-bond acceptors (Lipinski definition) is 5. The Balaban J connectivity index is 0.00000364. The summed E-state index contributed by atoms with van der Waals surface area (Å²) in [5, 5.41) is 3.36. The molecule has 27 heavy (non-hydrogen) atoms. The second-order valence-electron chi connectivity index (χ2n) is 6.73. The van der Waals surface area contributed by atoms with Crippen molar-refractivity contribution in [3.8, 4) is 0 Å². The van der Waals surface area contributed by atoms with Crippen LogP contribution in [0.15, 0.2) is 27.8 Å². The van der Waals surface area contributed by atoms with Gasteiger partial charge in [-0.2, -0.15) is 0 Å². The van der Waals surface area contributed by atoms with Crippen LogP contribution < -0.4 is 5.32 Å². The van der Waals surface area contributed by atoms with Gasteiger partial charge in [0, 0.05) is 19.6 Å². The molecule has 1 aromatic heterocycles. The first-order chi connectivity index (χ1) is 12.6. The maximum atomic E-state index is 12.1. The van der Waals surface area contributed by atoms with E-state index >= 15 is 0 Å². The molecule has 2 atom stereocenters. The van der Waals surface area contributed by atoms with Crippen LogP contribution >= 0.6 is 24.0 Å². The SMILES string of the molecule is CCNC(=NCC(c1ccco1)N(C)C)N1CCCC(C(=O)OCC)C1.I. The number of guanidine groups is 1. The topological polar surface area (TPSA) is 70.3 Å². The number of carbonyl (C=O) groups is 1. The molecule has 2 rings (SSSR count). The normalized spacial score (nSPS) is 18.8. The van der Waals surface area contributed by atoms with Crippen molar-refractivity contribution in [2.45, 2.75) is 32.7 Å². The number of ether oxygens (including phenoxy) is 1. The number of likely N-dealkylation sites (tertiary alicyclic amines) is 1. The fourth-order valence-corrected chi connectivity index (χ4v) is 3.21. The quantitative estimate of drug-likeness (QED) is 0.273. The summed E-state index contributed by atoms with van der Waals surface area (Å²) >= 11 is 0. The second-order valence-corrected chi connectivity index (χ2v) is 6.73. The van der Waals surface area contributed by atoms with Crippen molar-refractivity contribution < 1.29 is 13.9 Å². The van der Waals surface area contributed by atoms with E-state index in [1.54, 1.807) is 6.26 Å². The molecule has 1 fully saturated rings. The number of furan rings is 1. The Labute approximate surface area is 179 Å². The molecular formula is C19H33IN4O3. The molecule has 0 radical (unpaired) electrons. The van der Waals surface area contributed by atoms with Gasteiger partial charge in [-0.3, -0.25) is 14.7 Å². The molecule has 1 saturated heterocycles. The van der Waals surface area contributed by atoms with Crippen molar-refractivity contribution in [2.75, 3.05) is 46.9 Å². The van der Waals surface area contributed by atoms with E-state index in [1.165, 1.54) is 0 Å². The molecule has 0 amide bonds. The molecule has 8 heteroatoms. The molecule has 154 valence electrons. The van der Waals surface area contributed by atoms with Crippen LogP contribution in [0, 0.1) is 5.92 Å². The Morgan fingerprint density at radius 1 is 1.48 bits per heavy atom. The van der Waals surface area contributed by atoms with Crippen molar-refractivity contribution in [3.63, 3.8) is 0 Å². The van der Waals surface area contributed by atoms with Gasteiger partial charge in [0.2, 0.25) is 0 Å². The van der Waals surface area contributed by atoms with Crippen LogP contribution in [0.5, 0.6) is 0 Å². The van der Waals surface area contributed by atoms with Gasteiger partial charge in [-0.1, -0.05) is 0 Å². The molecule has 2 unspecified atom stereocenters. The van der Waals surface area contributed by atoms with E-state index in [0.29, 0.717) is 19.7 Å². The Kier molecular flexibility index (Phi) is 10.8. The maximum absolute atomic E-state index is 12.1. The summed E-state index contributed by atoms with van der Waals surface area (Å²) in [6.07, 6.45) is 3.53. The Hall–Kier alpha value is -1.29. The molecule has 7 nitrogen and oxygen atoms in total. The predicted octanol–water partition coefficient (Wildman–Crippen LogP) is 2.74. The largest absolute Gasteiger partial charge is 0.468 e. The van der Waals surface area contributed by atoms with Crippen molar-refractivity contribution in [3.05, 3.63) is 24.2 Å². The lowest BCUT2D eigenvalue weighted by Gasteiger charge is -2.34. The van der Waals surface area contributed by atoms with E-state index in [-0.39, 0.29) is 41.9 Å². The minimum Gasteiger partial charge on any atom is -0.468 e. The van der Waals surface area contributed by atoms with Gasteiger partial charge in [0.05, 0.1) is 31.4 Å².